The summed E-state index contributed by atoms with van der Waals surface area (Å²) in [6, 6.07) is 17.0. The van der Waals surface area contributed by atoms with Crippen LogP contribution in [0.1, 0.15) is 9.67 Å². The number of thiophene rings is 1. The van der Waals surface area contributed by atoms with Gasteiger partial charge in [-0.2, -0.15) is 0 Å². The number of aromatic amines is 1. The van der Waals surface area contributed by atoms with Gasteiger partial charge < -0.3 is 15.0 Å². The summed E-state index contributed by atoms with van der Waals surface area (Å²) in [7, 11) is 1.64. The van der Waals surface area contributed by atoms with E-state index in [-0.39, 0.29) is 5.91 Å². The molecule has 0 unspecified atom stereocenters. The van der Waals surface area contributed by atoms with Crippen LogP contribution in [0, 0.1) is 0 Å². The van der Waals surface area contributed by atoms with Crippen molar-refractivity contribution in [3.05, 3.63) is 64.9 Å². The molecule has 4 aromatic rings. The number of anilines is 1. The number of amides is 1. The van der Waals surface area contributed by atoms with Crippen LogP contribution in [0.4, 0.5) is 5.69 Å². The standard InChI is InChI=1S/C19H15N3O2S/c1-24-14-7-4-12(5-8-14)18-21-15-9-6-13(11-16(15)22-18)20-19(23)17-3-2-10-25-17/h2-11H,1H3,(H,20,23)(H,21,22). The van der Waals surface area contributed by atoms with Gasteiger partial charge in [0.1, 0.15) is 11.6 Å². The van der Waals surface area contributed by atoms with E-state index in [1.165, 1.54) is 11.3 Å². The maximum atomic E-state index is 12.2. The predicted molar refractivity (Wildman–Crippen MR) is 100 cm³/mol. The van der Waals surface area contributed by atoms with E-state index in [2.05, 4.69) is 15.3 Å². The van der Waals surface area contributed by atoms with Crippen molar-refractivity contribution >= 4 is 34.0 Å². The first-order valence-electron chi connectivity index (χ1n) is 7.72. The molecule has 2 N–H and O–H groups in total. The number of aromatic nitrogens is 2. The van der Waals surface area contributed by atoms with Gasteiger partial charge in [-0.1, -0.05) is 6.07 Å². The van der Waals surface area contributed by atoms with Gasteiger partial charge in [-0.15, -0.1) is 11.3 Å². The zero-order valence-corrected chi connectivity index (χ0v) is 14.3. The topological polar surface area (TPSA) is 67.0 Å². The number of benzene rings is 2. The highest BCUT2D eigenvalue weighted by atomic mass is 32.1. The van der Waals surface area contributed by atoms with Crippen LogP contribution < -0.4 is 10.1 Å². The molecule has 25 heavy (non-hydrogen) atoms. The first-order chi connectivity index (χ1) is 12.2. The van der Waals surface area contributed by atoms with E-state index in [0.717, 1.165) is 33.9 Å². The Morgan fingerprint density at radius 3 is 2.72 bits per heavy atom. The first-order valence-corrected chi connectivity index (χ1v) is 8.60. The van der Waals surface area contributed by atoms with Crippen LogP contribution >= 0.6 is 11.3 Å². The maximum Gasteiger partial charge on any atom is 0.265 e. The molecular weight excluding hydrogens is 334 g/mol. The Kier molecular flexibility index (Phi) is 3.95. The van der Waals surface area contributed by atoms with E-state index < -0.39 is 0 Å². The second-order valence-corrected chi connectivity index (χ2v) is 6.42. The van der Waals surface area contributed by atoms with E-state index in [1.807, 2.05) is 53.9 Å². The molecule has 0 spiro atoms. The average Bonchev–Trinajstić information content (AvgIpc) is 3.31. The molecule has 4 rings (SSSR count). The summed E-state index contributed by atoms with van der Waals surface area (Å²) in [6.07, 6.45) is 0. The molecule has 0 radical (unpaired) electrons. The number of fused-ring (bicyclic) bond motifs is 1. The lowest BCUT2D eigenvalue weighted by molar-refractivity contribution is 0.103. The number of rotatable bonds is 4. The number of hydrogen-bond acceptors (Lipinski definition) is 4. The first kappa shape index (κ1) is 15.4. The van der Waals surface area contributed by atoms with Gasteiger partial charge in [-0.05, 0) is 53.9 Å². The number of methoxy groups -OCH3 is 1. The monoisotopic (exact) mass is 349 g/mol. The molecule has 1 amide bonds. The fraction of sp³-hybridized carbons (Fsp3) is 0.0526. The van der Waals surface area contributed by atoms with Crippen LogP contribution in [-0.4, -0.2) is 23.0 Å². The van der Waals surface area contributed by atoms with Gasteiger partial charge in [0, 0.05) is 11.3 Å². The Morgan fingerprint density at radius 1 is 1.16 bits per heavy atom. The molecule has 2 heterocycles. The number of carbonyl (C=O) groups excluding carboxylic acids is 1. The van der Waals surface area contributed by atoms with Crippen LogP contribution in [-0.2, 0) is 0 Å². The number of hydrogen-bond donors (Lipinski definition) is 2. The third kappa shape index (κ3) is 3.12. The van der Waals surface area contributed by atoms with Gasteiger partial charge in [0.25, 0.3) is 5.91 Å². The maximum absolute atomic E-state index is 12.2. The van der Waals surface area contributed by atoms with E-state index in [1.54, 1.807) is 13.2 Å². The Hall–Kier alpha value is -3.12. The van der Waals surface area contributed by atoms with Gasteiger partial charge in [-0.3, -0.25) is 4.79 Å². The number of carbonyl (C=O) groups is 1. The molecule has 0 saturated carbocycles. The minimum Gasteiger partial charge on any atom is -0.497 e. The molecule has 6 heteroatoms. The molecule has 0 saturated heterocycles. The third-order valence-corrected chi connectivity index (χ3v) is 4.72. The van der Waals surface area contributed by atoms with E-state index in [9.17, 15) is 4.79 Å². The van der Waals surface area contributed by atoms with Crippen molar-refractivity contribution in [2.45, 2.75) is 0 Å². The fourth-order valence-electron chi connectivity index (χ4n) is 2.57. The van der Waals surface area contributed by atoms with Crippen LogP contribution in [0.15, 0.2) is 60.0 Å². The molecule has 0 atom stereocenters. The summed E-state index contributed by atoms with van der Waals surface area (Å²) in [6.45, 7) is 0. The normalized spacial score (nSPS) is 10.8. The van der Waals surface area contributed by atoms with Gasteiger partial charge >= 0.3 is 0 Å². The number of imidazole rings is 1. The zero-order valence-electron chi connectivity index (χ0n) is 13.4. The van der Waals surface area contributed by atoms with Gasteiger partial charge in [-0.25, -0.2) is 4.98 Å². The van der Waals surface area contributed by atoms with Crippen LogP contribution in [0.5, 0.6) is 5.75 Å². The average molecular weight is 349 g/mol. The van der Waals surface area contributed by atoms with Crippen molar-refractivity contribution < 1.29 is 9.53 Å². The second-order valence-electron chi connectivity index (χ2n) is 5.48. The lowest BCUT2D eigenvalue weighted by Crippen LogP contribution is -2.09. The Balaban J connectivity index is 1.61. The predicted octanol–water partition coefficient (Wildman–Crippen LogP) is 4.55. The highest BCUT2D eigenvalue weighted by molar-refractivity contribution is 7.12. The quantitative estimate of drug-likeness (QED) is 0.568. The van der Waals surface area contributed by atoms with Crippen molar-refractivity contribution in [3.63, 3.8) is 0 Å². The summed E-state index contributed by atoms with van der Waals surface area (Å²) in [5.41, 5.74) is 3.42. The van der Waals surface area contributed by atoms with Gasteiger partial charge in [0.2, 0.25) is 0 Å². The minimum atomic E-state index is -0.107. The molecule has 124 valence electrons. The fourth-order valence-corrected chi connectivity index (χ4v) is 3.19. The second kappa shape index (κ2) is 6.41. The third-order valence-electron chi connectivity index (χ3n) is 3.85. The van der Waals surface area contributed by atoms with Crippen molar-refractivity contribution in [3.8, 4) is 17.1 Å². The molecule has 2 aromatic heterocycles. The largest absolute Gasteiger partial charge is 0.497 e. The molecule has 0 aliphatic heterocycles. The highest BCUT2D eigenvalue weighted by Crippen LogP contribution is 2.25. The molecular formula is C19H15N3O2S. The molecule has 0 aliphatic rings. The molecule has 0 aliphatic carbocycles. The van der Waals surface area contributed by atoms with Crippen molar-refractivity contribution in [2.75, 3.05) is 12.4 Å². The Bertz CT molecular complexity index is 1020. The van der Waals surface area contributed by atoms with Crippen LogP contribution in [0.2, 0.25) is 0 Å². The number of nitrogens with one attached hydrogen (secondary N) is 2. The SMILES string of the molecule is COc1ccc(-c2nc3ccc(NC(=O)c4cccs4)cc3[nH]2)cc1. The Labute approximate surface area is 148 Å². The van der Waals surface area contributed by atoms with Gasteiger partial charge in [0.15, 0.2) is 0 Å². The van der Waals surface area contributed by atoms with Crippen LogP contribution in [0.25, 0.3) is 22.4 Å². The van der Waals surface area contributed by atoms with E-state index in [4.69, 9.17) is 4.74 Å². The number of ether oxygens (including phenoxy) is 1. The summed E-state index contributed by atoms with van der Waals surface area (Å²) in [5.74, 6) is 1.47. The highest BCUT2D eigenvalue weighted by Gasteiger charge is 2.09. The molecule has 0 fully saturated rings. The number of H-pyrrole nitrogens is 1. The summed E-state index contributed by atoms with van der Waals surface area (Å²) in [5, 5.41) is 4.79. The van der Waals surface area contributed by atoms with E-state index in [0.29, 0.717) is 4.88 Å². The van der Waals surface area contributed by atoms with Crippen molar-refractivity contribution in [2.24, 2.45) is 0 Å². The summed E-state index contributed by atoms with van der Waals surface area (Å²) < 4.78 is 5.18. The lowest BCUT2D eigenvalue weighted by atomic mass is 10.2. The minimum absolute atomic E-state index is 0.107. The van der Waals surface area contributed by atoms with Crippen molar-refractivity contribution in [1.82, 2.24) is 9.97 Å². The lowest BCUT2D eigenvalue weighted by Gasteiger charge is -2.03. The number of nitrogens with zero attached hydrogens (tertiary/aromatic N) is 1. The molecule has 2 aromatic carbocycles. The zero-order chi connectivity index (χ0) is 17.2. The Morgan fingerprint density at radius 2 is 2.00 bits per heavy atom. The van der Waals surface area contributed by atoms with E-state index >= 15 is 0 Å². The molecule has 5 nitrogen and oxygen atoms in total. The molecule has 0 bridgehead atoms. The summed E-state index contributed by atoms with van der Waals surface area (Å²) >= 11 is 1.42. The summed E-state index contributed by atoms with van der Waals surface area (Å²) in [4.78, 5) is 20.7. The van der Waals surface area contributed by atoms with Gasteiger partial charge in [0.05, 0.1) is 23.0 Å². The van der Waals surface area contributed by atoms with Crippen molar-refractivity contribution in [1.29, 1.82) is 0 Å². The van der Waals surface area contributed by atoms with Crippen LogP contribution in [0.3, 0.4) is 0 Å². The smallest absolute Gasteiger partial charge is 0.265 e.